The Morgan fingerprint density at radius 2 is 2.05 bits per heavy atom. The average Bonchev–Trinajstić information content (AvgIpc) is 2.74. The Bertz CT molecular complexity index is 615. The van der Waals surface area contributed by atoms with E-state index in [1.54, 1.807) is 11.3 Å². The number of benzene rings is 1. The summed E-state index contributed by atoms with van der Waals surface area (Å²) in [6, 6.07) is 9.42. The van der Waals surface area contributed by atoms with E-state index in [1.807, 2.05) is 30.3 Å². The lowest BCUT2D eigenvalue weighted by molar-refractivity contribution is 0.103. The monoisotopic (exact) mass is 271 g/mol. The predicted molar refractivity (Wildman–Crippen MR) is 79.8 cm³/mol. The molecule has 1 aromatic heterocycles. The van der Waals surface area contributed by atoms with Crippen molar-refractivity contribution in [2.24, 2.45) is 5.92 Å². The van der Waals surface area contributed by atoms with Crippen molar-refractivity contribution >= 4 is 22.1 Å². The Balaban J connectivity index is 2.04. The summed E-state index contributed by atoms with van der Waals surface area (Å²) in [6.07, 6.45) is 3.20. The Morgan fingerprint density at radius 3 is 2.79 bits per heavy atom. The van der Waals surface area contributed by atoms with Crippen LogP contribution in [-0.2, 0) is 12.8 Å². The molecule has 0 aliphatic heterocycles. The lowest BCUT2D eigenvalue weighted by Crippen LogP contribution is -2.13. The van der Waals surface area contributed by atoms with E-state index in [0.717, 1.165) is 30.4 Å². The van der Waals surface area contributed by atoms with Crippen LogP contribution in [0.1, 0.15) is 39.7 Å². The van der Waals surface area contributed by atoms with Gasteiger partial charge in [-0.05, 0) is 30.7 Å². The Morgan fingerprint density at radius 1 is 1.32 bits per heavy atom. The molecule has 98 valence electrons. The van der Waals surface area contributed by atoms with E-state index >= 15 is 0 Å². The number of rotatable bonds is 2. The largest absolute Gasteiger partial charge is 0.390 e. The molecule has 0 bridgehead atoms. The summed E-state index contributed by atoms with van der Waals surface area (Å²) in [5.74, 6) is 0.774. The highest BCUT2D eigenvalue weighted by atomic mass is 32.1. The summed E-state index contributed by atoms with van der Waals surface area (Å²) in [7, 11) is 0. The van der Waals surface area contributed by atoms with Crippen molar-refractivity contribution in [2.75, 3.05) is 5.73 Å². The molecule has 1 aliphatic rings. The number of anilines is 1. The molecule has 2 N–H and O–H groups in total. The number of carbonyl (C=O) groups is 1. The van der Waals surface area contributed by atoms with Crippen molar-refractivity contribution in [3.05, 3.63) is 51.9 Å². The molecule has 0 radical (unpaired) electrons. The van der Waals surface area contributed by atoms with Gasteiger partial charge >= 0.3 is 0 Å². The van der Waals surface area contributed by atoms with Crippen molar-refractivity contribution < 1.29 is 4.79 Å². The van der Waals surface area contributed by atoms with Gasteiger partial charge in [0, 0.05) is 10.4 Å². The number of ketones is 1. The van der Waals surface area contributed by atoms with Crippen molar-refractivity contribution in [1.82, 2.24) is 0 Å². The SMILES string of the molecule is C[C@@H]1CCc2c(sc(N)c2C(=O)c2ccccc2)C1. The maximum absolute atomic E-state index is 12.6. The summed E-state index contributed by atoms with van der Waals surface area (Å²) in [4.78, 5) is 13.9. The number of nitrogen functional groups attached to an aromatic ring is 1. The molecule has 19 heavy (non-hydrogen) atoms. The van der Waals surface area contributed by atoms with Gasteiger partial charge in [0.05, 0.1) is 10.6 Å². The number of hydrogen-bond donors (Lipinski definition) is 1. The fraction of sp³-hybridized carbons (Fsp3) is 0.312. The third-order valence-corrected chi connectivity index (χ3v) is 4.89. The standard InChI is InChI=1S/C16H17NOS/c1-10-7-8-12-13(9-10)19-16(17)14(12)15(18)11-5-3-2-4-6-11/h2-6,10H,7-9,17H2,1H3/t10-/m1/s1. The lowest BCUT2D eigenvalue weighted by atomic mass is 9.87. The smallest absolute Gasteiger partial charge is 0.196 e. The van der Waals surface area contributed by atoms with Gasteiger partial charge in [0.2, 0.25) is 0 Å². The van der Waals surface area contributed by atoms with Gasteiger partial charge in [-0.1, -0.05) is 37.3 Å². The van der Waals surface area contributed by atoms with Crippen LogP contribution in [0.15, 0.2) is 30.3 Å². The van der Waals surface area contributed by atoms with Crippen LogP contribution in [0.25, 0.3) is 0 Å². The zero-order chi connectivity index (χ0) is 13.4. The summed E-state index contributed by atoms with van der Waals surface area (Å²) in [5, 5.41) is 0.688. The van der Waals surface area contributed by atoms with E-state index in [-0.39, 0.29) is 5.78 Å². The van der Waals surface area contributed by atoms with Crippen molar-refractivity contribution in [1.29, 1.82) is 0 Å². The number of fused-ring (bicyclic) bond motifs is 1. The molecular formula is C16H17NOS. The molecule has 0 unspecified atom stereocenters. The normalized spacial score (nSPS) is 18.1. The van der Waals surface area contributed by atoms with Crippen LogP contribution < -0.4 is 5.73 Å². The van der Waals surface area contributed by atoms with Crippen LogP contribution in [0.5, 0.6) is 0 Å². The van der Waals surface area contributed by atoms with Gasteiger partial charge in [0.25, 0.3) is 0 Å². The molecule has 0 fully saturated rings. The van der Waals surface area contributed by atoms with Crippen molar-refractivity contribution in [2.45, 2.75) is 26.2 Å². The first-order valence-electron chi connectivity index (χ1n) is 6.66. The molecule has 1 atom stereocenters. The molecule has 1 heterocycles. The van der Waals surface area contributed by atoms with Gasteiger partial charge in [-0.15, -0.1) is 11.3 Å². The third-order valence-electron chi connectivity index (χ3n) is 3.80. The Hall–Kier alpha value is -1.61. The Labute approximate surface area is 117 Å². The maximum atomic E-state index is 12.6. The Kier molecular flexibility index (Phi) is 3.15. The van der Waals surface area contributed by atoms with Crippen LogP contribution in [0.4, 0.5) is 5.00 Å². The number of carbonyl (C=O) groups excluding carboxylic acids is 1. The van der Waals surface area contributed by atoms with E-state index < -0.39 is 0 Å². The second kappa shape index (κ2) is 4.82. The molecule has 3 heteroatoms. The molecule has 0 amide bonds. The number of hydrogen-bond acceptors (Lipinski definition) is 3. The summed E-state index contributed by atoms with van der Waals surface area (Å²) in [5.41, 5.74) is 8.80. The number of nitrogens with two attached hydrogens (primary N) is 1. The van der Waals surface area contributed by atoms with Gasteiger partial charge in [-0.2, -0.15) is 0 Å². The maximum Gasteiger partial charge on any atom is 0.196 e. The van der Waals surface area contributed by atoms with Crippen molar-refractivity contribution in [3.63, 3.8) is 0 Å². The molecule has 3 rings (SSSR count). The quantitative estimate of drug-likeness (QED) is 0.847. The molecule has 0 saturated heterocycles. The highest BCUT2D eigenvalue weighted by molar-refractivity contribution is 7.16. The molecule has 2 nitrogen and oxygen atoms in total. The van der Waals surface area contributed by atoms with Crippen LogP contribution >= 0.6 is 11.3 Å². The van der Waals surface area contributed by atoms with Gasteiger partial charge in [-0.25, -0.2) is 0 Å². The highest BCUT2D eigenvalue weighted by Crippen LogP contribution is 2.38. The summed E-state index contributed by atoms with van der Waals surface area (Å²) in [6.45, 7) is 2.26. The van der Waals surface area contributed by atoms with Gasteiger partial charge in [-0.3, -0.25) is 4.79 Å². The van der Waals surface area contributed by atoms with Gasteiger partial charge in [0.15, 0.2) is 5.78 Å². The first-order valence-corrected chi connectivity index (χ1v) is 7.48. The summed E-state index contributed by atoms with van der Waals surface area (Å²) >= 11 is 1.60. The predicted octanol–water partition coefficient (Wildman–Crippen LogP) is 3.69. The molecule has 0 saturated carbocycles. The van der Waals surface area contributed by atoms with E-state index in [0.29, 0.717) is 10.9 Å². The fourth-order valence-electron chi connectivity index (χ4n) is 2.75. The molecule has 1 aliphatic carbocycles. The fourth-order valence-corrected chi connectivity index (χ4v) is 4.03. The van der Waals surface area contributed by atoms with Gasteiger partial charge < -0.3 is 5.73 Å². The summed E-state index contributed by atoms with van der Waals surface area (Å²) < 4.78 is 0. The van der Waals surface area contributed by atoms with E-state index in [2.05, 4.69) is 6.92 Å². The third kappa shape index (κ3) is 2.19. The topological polar surface area (TPSA) is 43.1 Å². The van der Waals surface area contributed by atoms with Gasteiger partial charge in [0.1, 0.15) is 0 Å². The van der Waals surface area contributed by atoms with E-state index in [1.165, 1.54) is 10.4 Å². The highest BCUT2D eigenvalue weighted by Gasteiger charge is 2.26. The molecule has 1 aromatic carbocycles. The first-order chi connectivity index (χ1) is 9.16. The van der Waals surface area contributed by atoms with Crippen LogP contribution in [-0.4, -0.2) is 5.78 Å². The minimum absolute atomic E-state index is 0.0742. The van der Waals surface area contributed by atoms with Crippen LogP contribution in [0.3, 0.4) is 0 Å². The zero-order valence-electron chi connectivity index (χ0n) is 11.0. The van der Waals surface area contributed by atoms with Crippen LogP contribution in [0.2, 0.25) is 0 Å². The van der Waals surface area contributed by atoms with Crippen LogP contribution in [0, 0.1) is 5.92 Å². The second-order valence-corrected chi connectivity index (χ2v) is 6.42. The zero-order valence-corrected chi connectivity index (χ0v) is 11.8. The minimum atomic E-state index is 0.0742. The molecule has 2 aromatic rings. The molecule has 0 spiro atoms. The minimum Gasteiger partial charge on any atom is -0.390 e. The first kappa shape index (κ1) is 12.4. The van der Waals surface area contributed by atoms with E-state index in [4.69, 9.17) is 5.73 Å². The number of thiophene rings is 1. The second-order valence-electron chi connectivity index (χ2n) is 5.29. The van der Waals surface area contributed by atoms with E-state index in [9.17, 15) is 4.79 Å². The average molecular weight is 271 g/mol. The van der Waals surface area contributed by atoms with Crippen molar-refractivity contribution in [3.8, 4) is 0 Å². The lowest BCUT2D eigenvalue weighted by Gasteiger charge is -2.18. The molecular weight excluding hydrogens is 254 g/mol.